The molecule has 0 saturated carbocycles. The lowest BCUT2D eigenvalue weighted by atomic mass is 9.93. The fourth-order valence-electron chi connectivity index (χ4n) is 3.71. The molecule has 1 spiro atoms. The number of amides is 1. The molecule has 1 saturated heterocycles. The van der Waals surface area contributed by atoms with Gasteiger partial charge in [0, 0.05) is 31.0 Å². The average Bonchev–Trinajstić information content (AvgIpc) is 3.19. The minimum atomic E-state index is -0.966. The highest BCUT2D eigenvalue weighted by Gasteiger charge is 2.38. The van der Waals surface area contributed by atoms with Crippen LogP contribution in [0.3, 0.4) is 0 Å². The van der Waals surface area contributed by atoms with Gasteiger partial charge in [0.2, 0.25) is 0 Å². The zero-order chi connectivity index (χ0) is 23.4. The summed E-state index contributed by atoms with van der Waals surface area (Å²) in [5.74, 6) is -2.37. The molecule has 0 unspecified atom stereocenters. The van der Waals surface area contributed by atoms with Gasteiger partial charge < -0.3 is 29.7 Å². The van der Waals surface area contributed by atoms with E-state index in [1.807, 2.05) is 12.2 Å². The van der Waals surface area contributed by atoms with E-state index in [4.69, 9.17) is 24.4 Å². The van der Waals surface area contributed by atoms with Crippen LogP contribution in [0.4, 0.5) is 4.79 Å². The molecule has 0 aromatic heterocycles. The van der Waals surface area contributed by atoms with Gasteiger partial charge in [0.05, 0.1) is 19.8 Å². The molecule has 32 heavy (non-hydrogen) atoms. The molecule has 1 fully saturated rings. The number of nitrogens with one attached hydrogen (secondary N) is 1. The molecule has 0 aromatic carbocycles. The molecule has 3 N–H and O–H groups in total. The fraction of sp³-hybridized carbons (Fsp3) is 0.522. The van der Waals surface area contributed by atoms with Crippen molar-refractivity contribution in [2.75, 3.05) is 19.8 Å². The normalized spacial score (nSPS) is 22.1. The maximum Gasteiger partial charge on any atom is 0.407 e. The second-order valence-corrected chi connectivity index (χ2v) is 7.57. The van der Waals surface area contributed by atoms with Crippen LogP contribution in [-0.4, -0.2) is 59.9 Å². The molecule has 176 valence electrons. The van der Waals surface area contributed by atoms with Gasteiger partial charge in [-0.15, -0.1) is 0 Å². The lowest BCUT2D eigenvalue weighted by Gasteiger charge is -2.30. The van der Waals surface area contributed by atoms with E-state index in [-0.39, 0.29) is 6.04 Å². The standard InChI is InChI=1S/C12H17NO4.C11H14O4/c1-2-17-12(16)13-10-5-3-4-9(8-10)6-7-11(14)15;12-10(13)4-3-9-2-1-5-11(8-9)14-6-7-15-11/h4,6-7,10H,2-3,5,8H2,1H3,(H,13,16)(H,14,15);2-4H,1,5-8H2,(H,12,13)/b7-6+;4-3+/t10-;/m1./s1. The predicted octanol–water partition coefficient (Wildman–Crippen LogP) is 3.33. The first-order chi connectivity index (χ1) is 15.3. The van der Waals surface area contributed by atoms with E-state index in [9.17, 15) is 14.4 Å². The van der Waals surface area contributed by atoms with E-state index >= 15 is 0 Å². The molecule has 2 aliphatic carbocycles. The third-order valence-electron chi connectivity index (χ3n) is 5.10. The second kappa shape index (κ2) is 12.8. The highest BCUT2D eigenvalue weighted by atomic mass is 16.7. The minimum absolute atomic E-state index is 0.0208. The number of carbonyl (C=O) groups excluding carboxylic acids is 1. The zero-order valence-electron chi connectivity index (χ0n) is 18.2. The molecule has 1 heterocycles. The molecule has 1 amide bonds. The van der Waals surface area contributed by atoms with E-state index in [1.54, 1.807) is 19.1 Å². The van der Waals surface area contributed by atoms with Crippen LogP contribution < -0.4 is 5.32 Å². The Kier molecular flexibility index (Phi) is 10.2. The first-order valence-electron chi connectivity index (χ1n) is 10.7. The van der Waals surface area contributed by atoms with E-state index in [0.717, 1.165) is 49.0 Å². The summed E-state index contributed by atoms with van der Waals surface area (Å²) in [6.07, 6.45) is 13.8. The predicted molar refractivity (Wildman–Crippen MR) is 116 cm³/mol. The van der Waals surface area contributed by atoms with Crippen LogP contribution in [0, 0.1) is 0 Å². The maximum atomic E-state index is 11.2. The monoisotopic (exact) mass is 449 g/mol. The van der Waals surface area contributed by atoms with Crippen LogP contribution in [0.25, 0.3) is 0 Å². The van der Waals surface area contributed by atoms with Gasteiger partial charge in [0.25, 0.3) is 0 Å². The van der Waals surface area contributed by atoms with Crippen molar-refractivity contribution in [1.82, 2.24) is 5.32 Å². The van der Waals surface area contributed by atoms with Gasteiger partial charge in [-0.25, -0.2) is 14.4 Å². The van der Waals surface area contributed by atoms with Crippen LogP contribution in [0.2, 0.25) is 0 Å². The van der Waals surface area contributed by atoms with Crippen molar-refractivity contribution in [2.45, 2.75) is 57.3 Å². The summed E-state index contributed by atoms with van der Waals surface area (Å²) in [5.41, 5.74) is 1.91. The quantitative estimate of drug-likeness (QED) is 0.526. The van der Waals surface area contributed by atoms with Gasteiger partial charge in [-0.05, 0) is 43.8 Å². The molecule has 3 rings (SSSR count). The van der Waals surface area contributed by atoms with Gasteiger partial charge in [0.15, 0.2) is 5.79 Å². The van der Waals surface area contributed by atoms with Crippen molar-refractivity contribution >= 4 is 18.0 Å². The fourth-order valence-corrected chi connectivity index (χ4v) is 3.71. The van der Waals surface area contributed by atoms with Crippen molar-refractivity contribution in [3.05, 3.63) is 47.6 Å². The first-order valence-corrected chi connectivity index (χ1v) is 10.7. The Bertz CT molecular complexity index is 790. The Morgan fingerprint density at radius 2 is 1.72 bits per heavy atom. The van der Waals surface area contributed by atoms with Crippen molar-refractivity contribution in [3.8, 4) is 0 Å². The highest BCUT2D eigenvalue weighted by Crippen LogP contribution is 2.36. The summed E-state index contributed by atoms with van der Waals surface area (Å²) in [6, 6.07) is 0.0208. The van der Waals surface area contributed by atoms with Gasteiger partial charge in [-0.1, -0.05) is 24.3 Å². The van der Waals surface area contributed by atoms with Crippen molar-refractivity contribution in [3.63, 3.8) is 0 Å². The van der Waals surface area contributed by atoms with Crippen molar-refractivity contribution in [1.29, 1.82) is 0 Å². The minimum Gasteiger partial charge on any atom is -0.478 e. The summed E-state index contributed by atoms with van der Waals surface area (Å²) < 4.78 is 15.9. The van der Waals surface area contributed by atoms with Crippen molar-refractivity contribution in [2.24, 2.45) is 0 Å². The molecule has 3 aliphatic rings. The number of hydrogen-bond acceptors (Lipinski definition) is 6. The molecule has 0 bridgehead atoms. The Morgan fingerprint density at radius 3 is 2.34 bits per heavy atom. The van der Waals surface area contributed by atoms with E-state index in [1.165, 1.54) is 0 Å². The van der Waals surface area contributed by atoms with Crippen LogP contribution in [0.5, 0.6) is 0 Å². The lowest BCUT2D eigenvalue weighted by Crippen LogP contribution is -2.36. The Labute approximate surface area is 187 Å². The number of aliphatic carboxylic acids is 2. The van der Waals surface area contributed by atoms with Crippen LogP contribution in [-0.2, 0) is 23.8 Å². The van der Waals surface area contributed by atoms with Crippen LogP contribution in [0.15, 0.2) is 47.6 Å². The average molecular weight is 450 g/mol. The lowest BCUT2D eigenvalue weighted by molar-refractivity contribution is -0.162. The molecule has 9 heteroatoms. The number of alkyl carbamates (subject to hydrolysis) is 1. The molecule has 1 aliphatic heterocycles. The summed E-state index contributed by atoms with van der Waals surface area (Å²) >= 11 is 0. The maximum absolute atomic E-state index is 11.2. The number of hydrogen-bond donors (Lipinski definition) is 3. The number of rotatable bonds is 6. The summed E-state index contributed by atoms with van der Waals surface area (Å²) in [6.45, 7) is 3.37. The SMILES string of the molecule is CCOC(=O)N[C@@H]1CCC=C(/C=C/C(=O)O)C1.O=C(O)/C=C/C1=CCCC2(C1)OCCO2. The Hall–Kier alpha value is -2.91. The van der Waals surface area contributed by atoms with Crippen LogP contribution in [0.1, 0.15) is 45.4 Å². The van der Waals surface area contributed by atoms with Gasteiger partial charge in [-0.3, -0.25) is 0 Å². The largest absolute Gasteiger partial charge is 0.478 e. The third kappa shape index (κ3) is 9.07. The van der Waals surface area contributed by atoms with Crippen molar-refractivity contribution < 1.29 is 38.8 Å². The smallest absolute Gasteiger partial charge is 0.407 e. The zero-order valence-corrected chi connectivity index (χ0v) is 18.2. The number of carboxylic acid groups (broad SMARTS) is 2. The summed E-state index contributed by atoms with van der Waals surface area (Å²) in [5, 5.41) is 19.8. The van der Waals surface area contributed by atoms with E-state index in [2.05, 4.69) is 5.32 Å². The topological polar surface area (TPSA) is 131 Å². The first kappa shape index (κ1) is 25.4. The molecule has 0 radical (unpaired) electrons. The van der Waals surface area contributed by atoms with Gasteiger partial charge in [0.1, 0.15) is 0 Å². The van der Waals surface area contributed by atoms with E-state index < -0.39 is 23.8 Å². The third-order valence-corrected chi connectivity index (χ3v) is 5.10. The molecular formula is C23H31NO8. The molecule has 1 atom stereocenters. The number of ether oxygens (including phenoxy) is 3. The number of allylic oxidation sites excluding steroid dienone is 4. The Morgan fingerprint density at radius 1 is 1.09 bits per heavy atom. The molecular weight excluding hydrogens is 418 g/mol. The molecule has 9 nitrogen and oxygen atoms in total. The number of carboxylic acids is 2. The summed E-state index contributed by atoms with van der Waals surface area (Å²) in [4.78, 5) is 32.0. The van der Waals surface area contributed by atoms with Gasteiger partial charge >= 0.3 is 18.0 Å². The highest BCUT2D eigenvalue weighted by molar-refractivity contribution is 5.80. The van der Waals surface area contributed by atoms with Crippen LogP contribution >= 0.6 is 0 Å². The molecule has 0 aromatic rings. The second-order valence-electron chi connectivity index (χ2n) is 7.57. The van der Waals surface area contributed by atoms with E-state index in [0.29, 0.717) is 32.7 Å². The Balaban J connectivity index is 0.000000228. The summed E-state index contributed by atoms with van der Waals surface area (Å²) in [7, 11) is 0. The van der Waals surface area contributed by atoms with Gasteiger partial charge in [-0.2, -0.15) is 0 Å². The number of carbonyl (C=O) groups is 3.